The number of nitrogens with zero attached hydrogens (tertiary/aromatic N) is 1. The maximum Gasteiger partial charge on any atom is 0.438 e. The van der Waals surface area contributed by atoms with Gasteiger partial charge in [0.1, 0.15) is 5.82 Å². The number of hydrogen-bond donors (Lipinski definition) is 2. The van der Waals surface area contributed by atoms with Crippen LogP contribution in [0.1, 0.15) is 24.4 Å². The van der Waals surface area contributed by atoms with Gasteiger partial charge in [-0.3, -0.25) is 14.3 Å². The van der Waals surface area contributed by atoms with Crippen LogP contribution in [0.15, 0.2) is 21.5 Å². The van der Waals surface area contributed by atoms with Crippen molar-refractivity contribution in [1.82, 2.24) is 15.5 Å². The molecule has 0 spiro atoms. The maximum atomic E-state index is 13.4. The lowest BCUT2D eigenvalue weighted by atomic mass is 10.1. The SMILES string of the molecule is CC(NC(=O)Cc1cc(F)c(F)cc1F)c1noc(=O)[nH]1. The summed E-state index contributed by atoms with van der Waals surface area (Å²) in [6, 6.07) is 0.293. The molecule has 1 aromatic carbocycles. The standard InChI is InChI=1S/C12H10F3N3O3/c1-5(11-17-12(20)21-18-11)16-10(19)3-6-2-8(14)9(15)4-7(6)13/h2,4-5H,3H2,1H3,(H,16,19)(H,17,18,20). The molecule has 0 bridgehead atoms. The summed E-state index contributed by atoms with van der Waals surface area (Å²) in [7, 11) is 0. The predicted molar refractivity (Wildman–Crippen MR) is 63.7 cm³/mol. The Morgan fingerprint density at radius 3 is 2.62 bits per heavy atom. The van der Waals surface area contributed by atoms with Crippen LogP contribution in [0.25, 0.3) is 0 Å². The molecule has 1 amide bonds. The molecule has 1 heterocycles. The predicted octanol–water partition coefficient (Wildman–Crippen LogP) is 1.20. The van der Waals surface area contributed by atoms with Gasteiger partial charge in [-0.2, -0.15) is 0 Å². The fourth-order valence-corrected chi connectivity index (χ4v) is 1.66. The van der Waals surface area contributed by atoms with Crippen LogP contribution in [0.4, 0.5) is 13.2 Å². The number of nitrogens with one attached hydrogen (secondary N) is 2. The van der Waals surface area contributed by atoms with E-state index in [-0.39, 0.29) is 11.4 Å². The van der Waals surface area contributed by atoms with Gasteiger partial charge < -0.3 is 5.32 Å². The second-order valence-corrected chi connectivity index (χ2v) is 4.30. The van der Waals surface area contributed by atoms with Crippen LogP contribution in [0, 0.1) is 17.5 Å². The molecule has 21 heavy (non-hydrogen) atoms. The minimum atomic E-state index is -1.33. The van der Waals surface area contributed by atoms with Gasteiger partial charge in [0.15, 0.2) is 17.5 Å². The van der Waals surface area contributed by atoms with E-state index >= 15 is 0 Å². The zero-order valence-corrected chi connectivity index (χ0v) is 10.7. The average Bonchev–Trinajstić information content (AvgIpc) is 2.82. The average molecular weight is 301 g/mol. The van der Waals surface area contributed by atoms with Gasteiger partial charge >= 0.3 is 5.76 Å². The first-order valence-corrected chi connectivity index (χ1v) is 5.85. The number of amides is 1. The van der Waals surface area contributed by atoms with Crippen molar-refractivity contribution in [2.75, 3.05) is 0 Å². The Morgan fingerprint density at radius 2 is 2.00 bits per heavy atom. The van der Waals surface area contributed by atoms with E-state index < -0.39 is 41.6 Å². The van der Waals surface area contributed by atoms with Crippen molar-refractivity contribution in [1.29, 1.82) is 0 Å². The van der Waals surface area contributed by atoms with E-state index in [0.29, 0.717) is 12.1 Å². The lowest BCUT2D eigenvalue weighted by Crippen LogP contribution is -2.29. The number of halogens is 3. The summed E-state index contributed by atoms with van der Waals surface area (Å²) in [6.45, 7) is 1.51. The van der Waals surface area contributed by atoms with Crippen LogP contribution < -0.4 is 11.1 Å². The van der Waals surface area contributed by atoms with Crippen molar-refractivity contribution < 1.29 is 22.5 Å². The molecule has 0 radical (unpaired) electrons. The molecule has 0 saturated heterocycles. The third-order valence-electron chi connectivity index (χ3n) is 2.69. The minimum Gasteiger partial charge on any atom is -0.346 e. The van der Waals surface area contributed by atoms with Crippen molar-refractivity contribution in [2.45, 2.75) is 19.4 Å². The van der Waals surface area contributed by atoms with Crippen molar-refractivity contribution >= 4 is 5.91 Å². The Kier molecular flexibility index (Phi) is 4.10. The normalized spacial score (nSPS) is 12.2. The zero-order chi connectivity index (χ0) is 15.6. The Labute approximate surface area is 116 Å². The first-order valence-electron chi connectivity index (χ1n) is 5.85. The number of rotatable bonds is 4. The fourth-order valence-electron chi connectivity index (χ4n) is 1.66. The third-order valence-corrected chi connectivity index (χ3v) is 2.69. The molecule has 0 aliphatic carbocycles. The molecule has 6 nitrogen and oxygen atoms in total. The molecular formula is C12H10F3N3O3. The summed E-state index contributed by atoms with van der Waals surface area (Å²) in [6.07, 6.45) is -0.491. The van der Waals surface area contributed by atoms with Crippen molar-refractivity contribution in [2.24, 2.45) is 0 Å². The Bertz CT molecular complexity index is 726. The first kappa shape index (κ1) is 14.8. The van der Waals surface area contributed by atoms with Crippen molar-refractivity contribution in [3.8, 4) is 0 Å². The van der Waals surface area contributed by atoms with E-state index in [4.69, 9.17) is 0 Å². The Hall–Kier alpha value is -2.58. The molecule has 1 aromatic heterocycles. The van der Waals surface area contributed by atoms with E-state index in [1.807, 2.05) is 0 Å². The molecule has 0 fully saturated rings. The second kappa shape index (κ2) is 5.81. The molecule has 1 unspecified atom stereocenters. The molecule has 9 heteroatoms. The summed E-state index contributed by atoms with van der Waals surface area (Å²) in [5.41, 5.74) is -0.285. The van der Waals surface area contributed by atoms with Crippen LogP contribution in [-0.2, 0) is 11.2 Å². The summed E-state index contributed by atoms with van der Waals surface area (Å²) < 4.78 is 43.4. The number of carbonyl (C=O) groups is 1. The third kappa shape index (κ3) is 3.50. The first-order chi connectivity index (χ1) is 9.86. The van der Waals surface area contributed by atoms with E-state index in [1.54, 1.807) is 0 Å². The summed E-state index contributed by atoms with van der Waals surface area (Å²) in [5.74, 6) is -4.95. The number of carbonyl (C=O) groups excluding carboxylic acids is 1. The Morgan fingerprint density at radius 1 is 1.33 bits per heavy atom. The largest absolute Gasteiger partial charge is 0.438 e. The minimum absolute atomic E-state index is 0.0825. The highest BCUT2D eigenvalue weighted by Gasteiger charge is 2.17. The highest BCUT2D eigenvalue weighted by atomic mass is 19.2. The van der Waals surface area contributed by atoms with E-state index in [1.165, 1.54) is 6.92 Å². The number of hydrogen-bond acceptors (Lipinski definition) is 4. The molecule has 0 aliphatic rings. The van der Waals surface area contributed by atoms with Gasteiger partial charge in [0.25, 0.3) is 0 Å². The molecule has 2 rings (SSSR count). The molecule has 0 aliphatic heterocycles. The molecule has 2 N–H and O–H groups in total. The fraction of sp³-hybridized carbons (Fsp3) is 0.250. The molecule has 2 aromatic rings. The highest BCUT2D eigenvalue weighted by molar-refractivity contribution is 5.78. The van der Waals surface area contributed by atoms with E-state index in [9.17, 15) is 22.8 Å². The number of aromatic amines is 1. The van der Waals surface area contributed by atoms with Crippen LogP contribution in [0.2, 0.25) is 0 Å². The van der Waals surface area contributed by atoms with Crippen molar-refractivity contribution in [3.05, 3.63) is 51.5 Å². The van der Waals surface area contributed by atoms with Gasteiger partial charge in [-0.05, 0) is 13.0 Å². The number of aromatic nitrogens is 2. The number of H-pyrrole nitrogens is 1. The highest BCUT2D eigenvalue weighted by Crippen LogP contribution is 2.14. The van der Waals surface area contributed by atoms with E-state index in [2.05, 4.69) is 20.0 Å². The van der Waals surface area contributed by atoms with Gasteiger partial charge in [0.2, 0.25) is 5.91 Å². The molecule has 112 valence electrons. The van der Waals surface area contributed by atoms with Crippen LogP contribution in [-0.4, -0.2) is 16.0 Å². The number of benzene rings is 1. The topological polar surface area (TPSA) is 88.0 Å². The molecular weight excluding hydrogens is 291 g/mol. The maximum absolute atomic E-state index is 13.4. The van der Waals surface area contributed by atoms with Crippen LogP contribution in [0.5, 0.6) is 0 Å². The van der Waals surface area contributed by atoms with Crippen molar-refractivity contribution in [3.63, 3.8) is 0 Å². The summed E-state index contributed by atoms with van der Waals surface area (Å²) >= 11 is 0. The summed E-state index contributed by atoms with van der Waals surface area (Å²) in [4.78, 5) is 24.7. The van der Waals surface area contributed by atoms with E-state index in [0.717, 1.165) is 0 Å². The van der Waals surface area contributed by atoms with Gasteiger partial charge in [-0.25, -0.2) is 18.0 Å². The van der Waals surface area contributed by atoms with Gasteiger partial charge in [-0.15, -0.1) is 0 Å². The van der Waals surface area contributed by atoms with Crippen LogP contribution >= 0.6 is 0 Å². The lowest BCUT2D eigenvalue weighted by Gasteiger charge is -2.10. The second-order valence-electron chi connectivity index (χ2n) is 4.30. The van der Waals surface area contributed by atoms with Gasteiger partial charge in [-0.1, -0.05) is 5.16 Å². The molecule has 0 saturated carbocycles. The monoisotopic (exact) mass is 301 g/mol. The van der Waals surface area contributed by atoms with Crippen LogP contribution in [0.3, 0.4) is 0 Å². The Balaban J connectivity index is 2.05. The molecule has 1 atom stereocenters. The van der Waals surface area contributed by atoms with Gasteiger partial charge in [0, 0.05) is 11.6 Å². The smallest absolute Gasteiger partial charge is 0.346 e. The van der Waals surface area contributed by atoms with Gasteiger partial charge in [0.05, 0.1) is 12.5 Å². The quantitative estimate of drug-likeness (QED) is 0.831. The lowest BCUT2D eigenvalue weighted by molar-refractivity contribution is -0.121. The summed E-state index contributed by atoms with van der Waals surface area (Å²) in [5, 5.41) is 5.78. The zero-order valence-electron chi connectivity index (χ0n) is 10.7.